The summed E-state index contributed by atoms with van der Waals surface area (Å²) in [4.78, 5) is 4.32. The summed E-state index contributed by atoms with van der Waals surface area (Å²) in [5.74, 6) is -0.562. The van der Waals surface area contributed by atoms with Gasteiger partial charge in [0.15, 0.2) is 5.90 Å². The highest BCUT2D eigenvalue weighted by atomic mass is 19.1. The molecule has 4 heteroatoms. The largest absolute Gasteiger partial charge is 0.478 e. The molecule has 1 aromatic carbocycles. The summed E-state index contributed by atoms with van der Waals surface area (Å²) < 4.78 is 32.8. The normalized spacial score (nSPS) is 23.4. The van der Waals surface area contributed by atoms with Gasteiger partial charge in [-0.25, -0.2) is 13.8 Å². The van der Waals surface area contributed by atoms with Crippen LogP contribution in [0.15, 0.2) is 23.2 Å². The zero-order valence-corrected chi connectivity index (χ0v) is 9.96. The highest BCUT2D eigenvalue weighted by molar-refractivity contribution is 5.78. The average Bonchev–Trinajstić information content (AvgIpc) is 2.61. The van der Waals surface area contributed by atoms with Crippen LogP contribution in [0, 0.1) is 11.6 Å². The molecule has 0 spiro atoms. The van der Waals surface area contributed by atoms with Gasteiger partial charge in [0.2, 0.25) is 0 Å². The fourth-order valence-electron chi connectivity index (χ4n) is 2.05. The molecule has 2 nitrogen and oxygen atoms in total. The van der Waals surface area contributed by atoms with Gasteiger partial charge in [-0.3, -0.25) is 0 Å². The monoisotopic (exact) mass is 239 g/mol. The Bertz CT molecular complexity index is 438. The quantitative estimate of drug-likeness (QED) is 0.792. The molecule has 0 aliphatic carbocycles. The fourth-order valence-corrected chi connectivity index (χ4v) is 2.05. The van der Waals surface area contributed by atoms with Crippen LogP contribution in [0.5, 0.6) is 0 Å². The van der Waals surface area contributed by atoms with Gasteiger partial charge in [-0.1, -0.05) is 13.0 Å². The Hall–Kier alpha value is -1.45. The number of benzene rings is 1. The molecule has 0 aromatic heterocycles. The van der Waals surface area contributed by atoms with E-state index in [0.717, 1.165) is 6.42 Å². The van der Waals surface area contributed by atoms with Crippen molar-refractivity contribution in [3.63, 3.8) is 0 Å². The van der Waals surface area contributed by atoms with E-state index in [-0.39, 0.29) is 12.2 Å². The van der Waals surface area contributed by atoms with Gasteiger partial charge in [-0.2, -0.15) is 0 Å². The van der Waals surface area contributed by atoms with Gasteiger partial charge < -0.3 is 4.74 Å². The lowest BCUT2D eigenvalue weighted by Gasteiger charge is -2.20. The molecule has 0 saturated carbocycles. The first-order valence-corrected chi connectivity index (χ1v) is 5.73. The third kappa shape index (κ3) is 2.16. The standard InChI is InChI=1S/C13H15F2NO/c1-3-5-11-16-13(2,8-17-11)12-9(14)6-4-7-10(12)15/h4,6-7H,3,5,8H2,1-2H3. The van der Waals surface area contributed by atoms with E-state index in [0.29, 0.717) is 12.3 Å². The van der Waals surface area contributed by atoms with Crippen molar-refractivity contribution in [2.45, 2.75) is 32.2 Å². The summed E-state index contributed by atoms with van der Waals surface area (Å²) in [5.41, 5.74) is -0.953. The van der Waals surface area contributed by atoms with Crippen LogP contribution >= 0.6 is 0 Å². The first kappa shape index (κ1) is 12.0. The van der Waals surface area contributed by atoms with Gasteiger partial charge in [0.05, 0.1) is 5.56 Å². The molecule has 1 atom stereocenters. The van der Waals surface area contributed by atoms with Gasteiger partial charge in [0.1, 0.15) is 23.8 Å². The highest BCUT2D eigenvalue weighted by Gasteiger charge is 2.37. The minimum Gasteiger partial charge on any atom is -0.478 e. The van der Waals surface area contributed by atoms with Crippen molar-refractivity contribution in [2.75, 3.05) is 6.61 Å². The predicted molar refractivity (Wildman–Crippen MR) is 62.0 cm³/mol. The minimum absolute atomic E-state index is 0.00824. The number of rotatable bonds is 3. The maximum Gasteiger partial charge on any atom is 0.184 e. The van der Waals surface area contributed by atoms with E-state index in [1.807, 2.05) is 6.92 Å². The molecule has 1 heterocycles. The molecule has 2 rings (SSSR count). The van der Waals surface area contributed by atoms with Crippen molar-refractivity contribution in [2.24, 2.45) is 4.99 Å². The van der Waals surface area contributed by atoms with Gasteiger partial charge in [-0.15, -0.1) is 0 Å². The van der Waals surface area contributed by atoms with E-state index in [1.54, 1.807) is 6.92 Å². The smallest absolute Gasteiger partial charge is 0.184 e. The van der Waals surface area contributed by atoms with Crippen LogP contribution in [-0.4, -0.2) is 12.5 Å². The van der Waals surface area contributed by atoms with Crippen LogP contribution in [0.3, 0.4) is 0 Å². The van der Waals surface area contributed by atoms with Crippen molar-refractivity contribution in [1.29, 1.82) is 0 Å². The molecule has 0 amide bonds. The molecule has 0 saturated heterocycles. The molecule has 1 aliphatic heterocycles. The highest BCUT2D eigenvalue weighted by Crippen LogP contribution is 2.34. The van der Waals surface area contributed by atoms with Gasteiger partial charge in [0, 0.05) is 6.42 Å². The summed E-state index contributed by atoms with van der Waals surface area (Å²) >= 11 is 0. The molecule has 1 aromatic rings. The molecule has 0 fully saturated rings. The van der Waals surface area contributed by atoms with Crippen LogP contribution in [0.4, 0.5) is 8.78 Å². The molecule has 17 heavy (non-hydrogen) atoms. The Morgan fingerprint density at radius 1 is 1.35 bits per heavy atom. The molecular formula is C13H15F2NO. The summed E-state index contributed by atoms with van der Waals surface area (Å²) in [7, 11) is 0. The Morgan fingerprint density at radius 2 is 2.00 bits per heavy atom. The summed E-state index contributed by atoms with van der Waals surface area (Å²) in [5, 5.41) is 0. The third-order valence-electron chi connectivity index (χ3n) is 2.86. The second kappa shape index (κ2) is 4.43. The number of ether oxygens (including phenoxy) is 1. The first-order valence-electron chi connectivity index (χ1n) is 5.73. The average molecular weight is 239 g/mol. The van der Waals surface area contributed by atoms with E-state index in [2.05, 4.69) is 4.99 Å². The lowest BCUT2D eigenvalue weighted by Crippen LogP contribution is -2.24. The van der Waals surface area contributed by atoms with Gasteiger partial charge >= 0.3 is 0 Å². The Morgan fingerprint density at radius 3 is 2.59 bits per heavy atom. The Kier molecular flexibility index (Phi) is 3.13. The van der Waals surface area contributed by atoms with E-state index < -0.39 is 17.2 Å². The number of halogens is 2. The first-order chi connectivity index (χ1) is 8.07. The zero-order valence-electron chi connectivity index (χ0n) is 9.96. The maximum atomic E-state index is 13.7. The van der Waals surface area contributed by atoms with Crippen LogP contribution in [0.2, 0.25) is 0 Å². The minimum atomic E-state index is -0.945. The number of hydrogen-bond acceptors (Lipinski definition) is 2. The zero-order chi connectivity index (χ0) is 12.5. The topological polar surface area (TPSA) is 21.6 Å². The molecule has 0 N–H and O–H groups in total. The summed E-state index contributed by atoms with van der Waals surface area (Å²) in [6.45, 7) is 3.89. The lowest BCUT2D eigenvalue weighted by atomic mass is 9.93. The van der Waals surface area contributed by atoms with Gasteiger partial charge in [-0.05, 0) is 25.5 Å². The van der Waals surface area contributed by atoms with Crippen LogP contribution < -0.4 is 0 Å². The van der Waals surface area contributed by atoms with Crippen LogP contribution in [0.25, 0.3) is 0 Å². The SMILES string of the molecule is CCCC1=NC(C)(c2c(F)cccc2F)CO1. The summed E-state index contributed by atoms with van der Waals surface area (Å²) in [6, 6.07) is 3.85. The van der Waals surface area contributed by atoms with Crippen LogP contribution in [0.1, 0.15) is 32.3 Å². The number of aliphatic imine (C=N–C) groups is 1. The molecule has 1 unspecified atom stereocenters. The van der Waals surface area contributed by atoms with Gasteiger partial charge in [0.25, 0.3) is 0 Å². The Balaban J connectivity index is 2.40. The second-order valence-electron chi connectivity index (χ2n) is 4.41. The number of nitrogens with zero attached hydrogens (tertiary/aromatic N) is 1. The third-order valence-corrected chi connectivity index (χ3v) is 2.86. The molecule has 0 radical (unpaired) electrons. The predicted octanol–water partition coefficient (Wildman–Crippen LogP) is 3.41. The van der Waals surface area contributed by atoms with Crippen molar-refractivity contribution in [3.8, 4) is 0 Å². The molecule has 0 bridgehead atoms. The van der Waals surface area contributed by atoms with E-state index in [9.17, 15) is 8.78 Å². The molecule has 92 valence electrons. The van der Waals surface area contributed by atoms with Crippen molar-refractivity contribution in [1.82, 2.24) is 0 Å². The fraction of sp³-hybridized carbons (Fsp3) is 0.462. The summed E-state index contributed by atoms with van der Waals surface area (Å²) in [6.07, 6.45) is 1.60. The van der Waals surface area contributed by atoms with Crippen molar-refractivity contribution < 1.29 is 13.5 Å². The molecule has 1 aliphatic rings. The van der Waals surface area contributed by atoms with E-state index in [4.69, 9.17) is 4.74 Å². The van der Waals surface area contributed by atoms with Crippen molar-refractivity contribution >= 4 is 5.90 Å². The Labute approximate surface area is 99.3 Å². The van der Waals surface area contributed by atoms with E-state index in [1.165, 1.54) is 18.2 Å². The van der Waals surface area contributed by atoms with E-state index >= 15 is 0 Å². The maximum absolute atomic E-state index is 13.7. The number of hydrogen-bond donors (Lipinski definition) is 0. The molecular weight excluding hydrogens is 224 g/mol. The second-order valence-corrected chi connectivity index (χ2v) is 4.41. The lowest BCUT2D eigenvalue weighted by molar-refractivity contribution is 0.255. The van der Waals surface area contributed by atoms with Crippen LogP contribution in [-0.2, 0) is 10.3 Å². The van der Waals surface area contributed by atoms with Crippen molar-refractivity contribution in [3.05, 3.63) is 35.4 Å².